The highest BCUT2D eigenvalue weighted by Gasteiger charge is 2.09. The molecule has 0 fully saturated rings. The van der Waals surface area contributed by atoms with Crippen molar-refractivity contribution in [1.82, 2.24) is 5.43 Å². The zero-order valence-corrected chi connectivity index (χ0v) is 13.7. The molecule has 2 aromatic rings. The van der Waals surface area contributed by atoms with E-state index < -0.39 is 0 Å². The maximum atomic E-state index is 12.2. The number of carbonyl (C=O) groups excluding carboxylic acids is 1. The van der Waals surface area contributed by atoms with Crippen LogP contribution in [-0.2, 0) is 0 Å². The van der Waals surface area contributed by atoms with Crippen molar-refractivity contribution in [1.29, 1.82) is 0 Å². The quantitative estimate of drug-likeness (QED) is 0.681. The number of methoxy groups -OCH3 is 2. The molecule has 1 amide bonds. The molecule has 0 saturated carbocycles. The molecule has 5 nitrogen and oxygen atoms in total. The van der Waals surface area contributed by atoms with Gasteiger partial charge in [-0.2, -0.15) is 5.10 Å². The normalized spacial score (nSPS) is 11.0. The summed E-state index contributed by atoms with van der Waals surface area (Å²) >= 11 is 0. The first kappa shape index (κ1) is 16.5. The molecule has 0 aliphatic carbocycles. The zero-order valence-electron chi connectivity index (χ0n) is 13.7. The highest BCUT2D eigenvalue weighted by Crippen LogP contribution is 2.22. The van der Waals surface area contributed by atoms with Gasteiger partial charge in [-0.1, -0.05) is 29.8 Å². The Morgan fingerprint density at radius 1 is 0.957 bits per heavy atom. The largest absolute Gasteiger partial charge is 0.497 e. The minimum atomic E-state index is -0.325. The van der Waals surface area contributed by atoms with Crippen LogP contribution < -0.4 is 14.9 Å². The van der Waals surface area contributed by atoms with Gasteiger partial charge in [0.25, 0.3) is 5.91 Å². The smallest absolute Gasteiger partial charge is 0.271 e. The molecule has 2 rings (SSSR count). The molecular weight excluding hydrogens is 292 g/mol. The van der Waals surface area contributed by atoms with Gasteiger partial charge in [0, 0.05) is 11.6 Å². The minimum Gasteiger partial charge on any atom is -0.497 e. The first-order valence-electron chi connectivity index (χ1n) is 7.18. The summed E-state index contributed by atoms with van der Waals surface area (Å²) in [4.78, 5) is 12.2. The van der Waals surface area contributed by atoms with Gasteiger partial charge in [0.05, 0.1) is 19.9 Å². The summed E-state index contributed by atoms with van der Waals surface area (Å²) in [5.41, 5.74) is 5.83. The van der Waals surface area contributed by atoms with Crippen LogP contribution in [-0.4, -0.2) is 25.8 Å². The number of carbonyl (C=O) groups is 1. The lowest BCUT2D eigenvalue weighted by Crippen LogP contribution is -2.19. The van der Waals surface area contributed by atoms with E-state index >= 15 is 0 Å². The van der Waals surface area contributed by atoms with E-state index in [9.17, 15) is 4.79 Å². The highest BCUT2D eigenvalue weighted by atomic mass is 16.5. The monoisotopic (exact) mass is 312 g/mol. The number of nitrogens with zero attached hydrogens (tertiary/aromatic N) is 1. The molecule has 0 heterocycles. The van der Waals surface area contributed by atoms with Crippen molar-refractivity contribution in [3.8, 4) is 11.5 Å². The fraction of sp³-hybridized carbons (Fsp3) is 0.222. The average molecular weight is 312 g/mol. The second-order valence-electron chi connectivity index (χ2n) is 5.11. The molecule has 23 heavy (non-hydrogen) atoms. The van der Waals surface area contributed by atoms with Crippen LogP contribution in [0.1, 0.15) is 28.4 Å². The summed E-state index contributed by atoms with van der Waals surface area (Å²) in [6, 6.07) is 12.9. The number of rotatable bonds is 5. The van der Waals surface area contributed by atoms with Crippen molar-refractivity contribution in [3.63, 3.8) is 0 Å². The van der Waals surface area contributed by atoms with Crippen LogP contribution >= 0.6 is 0 Å². The molecule has 0 unspecified atom stereocenters. The minimum absolute atomic E-state index is 0.325. The molecule has 0 aromatic heterocycles. The van der Waals surface area contributed by atoms with E-state index in [1.807, 2.05) is 38.1 Å². The lowest BCUT2D eigenvalue weighted by molar-refractivity contribution is 0.0954. The molecule has 5 heteroatoms. The van der Waals surface area contributed by atoms with Gasteiger partial charge in [0.15, 0.2) is 0 Å². The second-order valence-corrected chi connectivity index (χ2v) is 5.11. The van der Waals surface area contributed by atoms with E-state index in [0.717, 1.165) is 11.3 Å². The molecule has 0 aliphatic rings. The summed E-state index contributed by atoms with van der Waals surface area (Å²) in [7, 11) is 3.08. The van der Waals surface area contributed by atoms with Crippen LogP contribution in [0, 0.1) is 6.92 Å². The number of ether oxygens (including phenoxy) is 2. The third-order valence-electron chi connectivity index (χ3n) is 3.41. The van der Waals surface area contributed by atoms with Gasteiger partial charge in [-0.05, 0) is 31.5 Å². The predicted octanol–water partition coefficient (Wildman–Crippen LogP) is 3.17. The van der Waals surface area contributed by atoms with Gasteiger partial charge in [-0.3, -0.25) is 4.79 Å². The summed E-state index contributed by atoms with van der Waals surface area (Å²) in [6.45, 7) is 3.87. The van der Waals surface area contributed by atoms with Gasteiger partial charge in [-0.25, -0.2) is 5.43 Å². The van der Waals surface area contributed by atoms with Gasteiger partial charge in [0.2, 0.25) is 0 Å². The van der Waals surface area contributed by atoms with E-state index in [1.54, 1.807) is 18.2 Å². The summed E-state index contributed by atoms with van der Waals surface area (Å²) in [5, 5.41) is 4.15. The first-order valence-corrected chi connectivity index (χ1v) is 7.18. The topological polar surface area (TPSA) is 59.9 Å². The molecular formula is C18H20N2O3. The third-order valence-corrected chi connectivity index (χ3v) is 3.41. The Kier molecular flexibility index (Phi) is 5.36. The zero-order chi connectivity index (χ0) is 16.8. The number of aryl methyl sites for hydroxylation is 1. The van der Waals surface area contributed by atoms with Crippen molar-refractivity contribution in [3.05, 3.63) is 59.2 Å². The van der Waals surface area contributed by atoms with Crippen LogP contribution in [0.4, 0.5) is 0 Å². The van der Waals surface area contributed by atoms with E-state index in [0.29, 0.717) is 17.1 Å². The molecule has 0 atom stereocenters. The van der Waals surface area contributed by atoms with Crippen LogP contribution in [0.5, 0.6) is 11.5 Å². The fourth-order valence-corrected chi connectivity index (χ4v) is 2.00. The summed E-state index contributed by atoms with van der Waals surface area (Å²) in [6.07, 6.45) is 0. The Bertz CT molecular complexity index is 699. The summed E-state index contributed by atoms with van der Waals surface area (Å²) < 4.78 is 10.3. The number of amides is 1. The molecule has 2 aromatic carbocycles. The Labute approximate surface area is 135 Å². The van der Waals surface area contributed by atoms with Gasteiger partial charge in [-0.15, -0.1) is 0 Å². The van der Waals surface area contributed by atoms with Crippen LogP contribution in [0.3, 0.4) is 0 Å². The molecule has 0 spiro atoms. The second kappa shape index (κ2) is 7.45. The third kappa shape index (κ3) is 4.32. The SMILES string of the molecule is COc1cc(OC)cc(C(=O)N/N=C(\C)c2ccc(C)cc2)c1. The molecule has 0 saturated heterocycles. The van der Waals surface area contributed by atoms with E-state index in [2.05, 4.69) is 10.5 Å². The van der Waals surface area contributed by atoms with E-state index in [-0.39, 0.29) is 5.91 Å². The Hall–Kier alpha value is -2.82. The van der Waals surface area contributed by atoms with Gasteiger partial charge in [0.1, 0.15) is 11.5 Å². The highest BCUT2D eigenvalue weighted by molar-refractivity contribution is 6.01. The Morgan fingerprint density at radius 2 is 1.52 bits per heavy atom. The van der Waals surface area contributed by atoms with E-state index in [1.165, 1.54) is 19.8 Å². The van der Waals surface area contributed by atoms with Crippen molar-refractivity contribution in [2.45, 2.75) is 13.8 Å². The fourth-order valence-electron chi connectivity index (χ4n) is 2.00. The Balaban J connectivity index is 2.15. The van der Waals surface area contributed by atoms with Crippen molar-refractivity contribution < 1.29 is 14.3 Å². The molecule has 1 N–H and O–H groups in total. The van der Waals surface area contributed by atoms with Crippen LogP contribution in [0.15, 0.2) is 47.6 Å². The number of hydrazone groups is 1. The summed E-state index contributed by atoms with van der Waals surface area (Å²) in [5.74, 6) is 0.774. The number of hydrogen-bond donors (Lipinski definition) is 1. The van der Waals surface area contributed by atoms with E-state index in [4.69, 9.17) is 9.47 Å². The van der Waals surface area contributed by atoms with Crippen molar-refractivity contribution in [2.24, 2.45) is 5.10 Å². The predicted molar refractivity (Wildman–Crippen MR) is 90.4 cm³/mol. The van der Waals surface area contributed by atoms with Crippen LogP contribution in [0.2, 0.25) is 0 Å². The molecule has 120 valence electrons. The number of nitrogens with one attached hydrogen (secondary N) is 1. The lowest BCUT2D eigenvalue weighted by atomic mass is 10.1. The standard InChI is InChI=1S/C18H20N2O3/c1-12-5-7-14(8-6-12)13(2)19-20-18(21)15-9-16(22-3)11-17(10-15)23-4/h5-11H,1-4H3,(H,20,21)/b19-13+. The number of benzene rings is 2. The van der Waals surface area contributed by atoms with Crippen LogP contribution in [0.25, 0.3) is 0 Å². The molecule has 0 radical (unpaired) electrons. The maximum absolute atomic E-state index is 12.2. The Morgan fingerprint density at radius 3 is 2.04 bits per heavy atom. The van der Waals surface area contributed by atoms with Gasteiger partial charge >= 0.3 is 0 Å². The van der Waals surface area contributed by atoms with Gasteiger partial charge < -0.3 is 9.47 Å². The molecule has 0 aliphatic heterocycles. The average Bonchev–Trinajstić information content (AvgIpc) is 2.59. The molecule has 0 bridgehead atoms. The first-order chi connectivity index (χ1) is 11.0. The number of hydrogen-bond acceptors (Lipinski definition) is 4. The lowest BCUT2D eigenvalue weighted by Gasteiger charge is -2.08. The van der Waals surface area contributed by atoms with Crippen molar-refractivity contribution in [2.75, 3.05) is 14.2 Å². The van der Waals surface area contributed by atoms with Crippen molar-refractivity contribution >= 4 is 11.6 Å². The maximum Gasteiger partial charge on any atom is 0.271 e.